The van der Waals surface area contributed by atoms with Gasteiger partial charge in [-0.2, -0.15) is 0 Å². The van der Waals surface area contributed by atoms with Crippen molar-refractivity contribution >= 4 is 23.9 Å². The molecule has 12 N–H and O–H groups in total. The highest BCUT2D eigenvalue weighted by atomic mass is 16.6. The van der Waals surface area contributed by atoms with E-state index in [-0.39, 0.29) is 16.7 Å². The minimum absolute atomic E-state index is 0.113. The first-order chi connectivity index (χ1) is 30.6. The van der Waals surface area contributed by atoms with Gasteiger partial charge in [0, 0.05) is 33.1 Å². The summed E-state index contributed by atoms with van der Waals surface area (Å²) in [5.74, 6) is -4.15. The third-order valence-corrected chi connectivity index (χ3v) is 12.3. The maximum Gasteiger partial charge on any atom is 0.303 e. The Kier molecular flexibility index (Phi) is 17.4. The van der Waals surface area contributed by atoms with Gasteiger partial charge in [0.25, 0.3) is 0 Å². The van der Waals surface area contributed by atoms with E-state index >= 15 is 0 Å². The lowest BCUT2D eigenvalue weighted by Crippen LogP contribution is -2.68. The number of hydrogen-bond acceptors (Lipinski definition) is 24. The Labute approximate surface area is 371 Å². The van der Waals surface area contributed by atoms with Gasteiger partial charge in [0.1, 0.15) is 97.7 Å². The van der Waals surface area contributed by atoms with Crippen LogP contribution in [0.5, 0.6) is 0 Å². The van der Waals surface area contributed by atoms with Crippen LogP contribution in [0.4, 0.5) is 0 Å². The van der Waals surface area contributed by atoms with Gasteiger partial charge in [-0.3, -0.25) is 19.2 Å². The highest BCUT2D eigenvalue weighted by Gasteiger charge is 2.63. The Balaban J connectivity index is 2.01. The molecule has 0 radical (unpaired) electrons. The SMILES string of the molecule is C=CCC1([C@@H]2O[C@H](CO)[C@@H](O)[C@H](O)[C@H]2OC(C)=O)C=C([C@@H]2O[C@H](CO)[C@@H](O)[C@H](O)[C@H]2OC(C)=O)CC([C@@H]2O[C@H](CO)[C@@H](O)[C@H](O)[C@H]2OC(C)=O)=C1[C@@H]1O[C@H](CO)[C@@H](O)[C@H](O)[C@H]1OC(C)=O. The molecular formula is C41H60O24. The molecule has 5 rings (SSSR count). The van der Waals surface area contributed by atoms with E-state index in [9.17, 15) is 80.5 Å². The largest absolute Gasteiger partial charge is 0.457 e. The molecule has 4 fully saturated rings. The molecule has 0 amide bonds. The van der Waals surface area contributed by atoms with Crippen LogP contribution in [-0.4, -0.2) is 234 Å². The molecule has 0 saturated carbocycles. The molecule has 4 heterocycles. The minimum Gasteiger partial charge on any atom is -0.457 e. The van der Waals surface area contributed by atoms with Crippen molar-refractivity contribution in [2.24, 2.45) is 5.41 Å². The van der Waals surface area contributed by atoms with Crippen molar-refractivity contribution in [2.45, 2.75) is 163 Å². The van der Waals surface area contributed by atoms with E-state index in [1.807, 2.05) is 0 Å². The molecule has 1 aliphatic carbocycles. The molecule has 0 aromatic rings. The summed E-state index contributed by atoms with van der Waals surface area (Å²) in [4.78, 5) is 51.2. The van der Waals surface area contributed by atoms with E-state index in [0.29, 0.717) is 0 Å². The van der Waals surface area contributed by atoms with Gasteiger partial charge in [-0.15, -0.1) is 6.58 Å². The van der Waals surface area contributed by atoms with E-state index < -0.39 is 191 Å². The smallest absolute Gasteiger partial charge is 0.303 e. The Morgan fingerprint density at radius 1 is 0.554 bits per heavy atom. The van der Waals surface area contributed by atoms with E-state index in [4.69, 9.17) is 37.9 Å². The Hall–Kier alpha value is -3.54. The van der Waals surface area contributed by atoms with Crippen molar-refractivity contribution < 1.29 is 118 Å². The van der Waals surface area contributed by atoms with Crippen molar-refractivity contribution in [2.75, 3.05) is 26.4 Å². The highest BCUT2D eigenvalue weighted by molar-refractivity contribution is 5.68. The first kappa shape index (κ1) is 52.4. The zero-order chi connectivity index (χ0) is 48.4. The molecule has 24 nitrogen and oxygen atoms in total. The zero-order valence-electron chi connectivity index (χ0n) is 35.9. The standard InChI is InChI=1S/C41H60O24/c1-6-7-41(40-39(61-17(5)49)32(57)28(53)23(13-45)65-40)9-18(33-36(58-14(2)46)29(54)25(50)20(10-42)62-33)8-19(34-37(59-15(3)47)30(55)26(51)21(11-43)63-34)24(41)35-38(60-16(4)48)31(56)27(52)22(12-44)64-35/h6,9,20-23,25-40,42-45,50-57H,1,7-8,10-13H2,2-5H3/t20-,21-,22-,23-,25-,26-,27-,28-,29+,30+,31+,32+,33+,34+,35+,36-,37-,38-,39-,40-,41?/m1/s1. The fourth-order valence-corrected chi connectivity index (χ4v) is 9.60. The molecule has 368 valence electrons. The van der Waals surface area contributed by atoms with Crippen LogP contribution in [0, 0.1) is 5.41 Å². The number of hydrogen-bond donors (Lipinski definition) is 12. The maximum absolute atomic E-state index is 12.9. The second-order valence-corrected chi connectivity index (χ2v) is 16.7. The third-order valence-electron chi connectivity index (χ3n) is 12.3. The van der Waals surface area contributed by atoms with Crippen molar-refractivity contribution in [3.05, 3.63) is 35.5 Å². The number of rotatable bonds is 14. The van der Waals surface area contributed by atoms with Gasteiger partial charge in [0.15, 0.2) is 24.4 Å². The van der Waals surface area contributed by atoms with Crippen LogP contribution in [0.2, 0.25) is 0 Å². The normalized spacial score (nSPS) is 43.5. The Bertz CT molecular complexity index is 1790. The van der Waals surface area contributed by atoms with Gasteiger partial charge in [0.2, 0.25) is 0 Å². The van der Waals surface area contributed by atoms with Crippen LogP contribution in [-0.2, 0) is 57.1 Å². The van der Waals surface area contributed by atoms with Crippen molar-refractivity contribution in [1.29, 1.82) is 0 Å². The van der Waals surface area contributed by atoms with E-state index in [0.717, 1.165) is 27.7 Å². The van der Waals surface area contributed by atoms with Crippen molar-refractivity contribution in [3.63, 3.8) is 0 Å². The fourth-order valence-electron chi connectivity index (χ4n) is 9.60. The topological polar surface area (TPSA) is 385 Å². The first-order valence-electron chi connectivity index (χ1n) is 20.9. The average Bonchev–Trinajstić information content (AvgIpc) is 3.24. The molecule has 1 unspecified atom stereocenters. The Morgan fingerprint density at radius 2 is 0.892 bits per heavy atom. The summed E-state index contributed by atoms with van der Waals surface area (Å²) in [6, 6.07) is 0. The number of aliphatic hydroxyl groups is 12. The predicted molar refractivity (Wildman–Crippen MR) is 210 cm³/mol. The van der Waals surface area contributed by atoms with Crippen LogP contribution < -0.4 is 0 Å². The Morgan fingerprint density at radius 3 is 1.29 bits per heavy atom. The monoisotopic (exact) mass is 936 g/mol. The molecule has 0 bridgehead atoms. The second-order valence-electron chi connectivity index (χ2n) is 16.7. The lowest BCUT2D eigenvalue weighted by molar-refractivity contribution is -0.261. The van der Waals surface area contributed by atoms with Crippen LogP contribution in [0.15, 0.2) is 35.5 Å². The molecule has 5 aliphatic rings. The van der Waals surface area contributed by atoms with E-state index in [1.54, 1.807) is 0 Å². The van der Waals surface area contributed by atoms with Crippen molar-refractivity contribution in [1.82, 2.24) is 0 Å². The van der Waals surface area contributed by atoms with Gasteiger partial charge in [-0.25, -0.2) is 0 Å². The molecule has 0 spiro atoms. The zero-order valence-corrected chi connectivity index (χ0v) is 35.9. The highest BCUT2D eigenvalue weighted by Crippen LogP contribution is 2.56. The maximum atomic E-state index is 12.9. The van der Waals surface area contributed by atoms with Crippen LogP contribution in [0.3, 0.4) is 0 Å². The molecule has 4 saturated heterocycles. The third kappa shape index (κ3) is 10.3. The van der Waals surface area contributed by atoms with E-state index in [2.05, 4.69) is 6.58 Å². The minimum atomic E-state index is -2.29. The van der Waals surface area contributed by atoms with Crippen LogP contribution in [0.25, 0.3) is 0 Å². The lowest BCUT2D eigenvalue weighted by Gasteiger charge is -2.56. The first-order valence-corrected chi connectivity index (χ1v) is 20.9. The van der Waals surface area contributed by atoms with Gasteiger partial charge in [-0.05, 0) is 29.6 Å². The fraction of sp³-hybridized carbons (Fsp3) is 0.756. The lowest BCUT2D eigenvalue weighted by atomic mass is 9.59. The molecular weight excluding hydrogens is 876 g/mol. The summed E-state index contributed by atoms with van der Waals surface area (Å²) in [6.07, 6.45) is -36.5. The molecule has 0 aromatic carbocycles. The van der Waals surface area contributed by atoms with Gasteiger partial charge < -0.3 is 99.2 Å². The number of carbonyl (C=O) groups is 4. The number of allylic oxidation sites excluding steroid dienone is 1. The molecule has 24 heteroatoms. The molecule has 0 aromatic heterocycles. The molecule has 21 atom stereocenters. The van der Waals surface area contributed by atoms with Crippen LogP contribution in [0.1, 0.15) is 40.5 Å². The summed E-state index contributed by atoms with van der Waals surface area (Å²) in [5, 5.41) is 133. The summed E-state index contributed by atoms with van der Waals surface area (Å²) in [6.45, 7) is 3.82. The summed E-state index contributed by atoms with van der Waals surface area (Å²) < 4.78 is 47.5. The number of esters is 4. The average molecular weight is 937 g/mol. The van der Waals surface area contributed by atoms with Gasteiger partial charge in [0.05, 0.1) is 26.4 Å². The van der Waals surface area contributed by atoms with Crippen LogP contribution >= 0.6 is 0 Å². The van der Waals surface area contributed by atoms with Crippen molar-refractivity contribution in [3.8, 4) is 0 Å². The molecule has 65 heavy (non-hydrogen) atoms. The summed E-state index contributed by atoms with van der Waals surface area (Å²) in [5.41, 5.74) is -2.97. The number of aliphatic hydroxyl groups excluding tert-OH is 12. The summed E-state index contributed by atoms with van der Waals surface area (Å²) in [7, 11) is 0. The number of ether oxygens (including phenoxy) is 8. The summed E-state index contributed by atoms with van der Waals surface area (Å²) >= 11 is 0. The number of carbonyl (C=O) groups excluding carboxylic acids is 4. The second kappa shape index (κ2) is 21.6. The van der Waals surface area contributed by atoms with E-state index in [1.165, 1.54) is 12.2 Å². The van der Waals surface area contributed by atoms with Gasteiger partial charge in [-0.1, -0.05) is 12.2 Å². The predicted octanol–water partition coefficient (Wildman–Crippen LogP) is -6.17. The molecule has 4 aliphatic heterocycles. The van der Waals surface area contributed by atoms with Gasteiger partial charge >= 0.3 is 23.9 Å². The quantitative estimate of drug-likeness (QED) is 0.0438.